The number of hydrogen-bond donors (Lipinski definition) is 1. The first-order valence-electron chi connectivity index (χ1n) is 5.54. The molecule has 0 saturated carbocycles. The van der Waals surface area contributed by atoms with Gasteiger partial charge >= 0.3 is 0 Å². The Morgan fingerprint density at radius 3 is 2.53 bits per heavy atom. The molecule has 1 aromatic rings. The van der Waals surface area contributed by atoms with Crippen molar-refractivity contribution < 1.29 is 4.79 Å². The zero-order valence-electron chi connectivity index (χ0n) is 9.28. The molecule has 2 nitrogen and oxygen atoms in total. The van der Waals surface area contributed by atoms with Gasteiger partial charge in [0.2, 0.25) is 0 Å². The monoisotopic (exact) mass is 205 g/mol. The van der Waals surface area contributed by atoms with Crippen LogP contribution in [0, 0.1) is 5.92 Å². The lowest BCUT2D eigenvalue weighted by Gasteiger charge is -2.13. The van der Waals surface area contributed by atoms with E-state index in [1.165, 1.54) is 5.56 Å². The summed E-state index contributed by atoms with van der Waals surface area (Å²) >= 11 is 0. The third-order valence-electron chi connectivity index (χ3n) is 2.64. The average Bonchev–Trinajstić information content (AvgIpc) is 2.29. The Hall–Kier alpha value is -1.15. The largest absolute Gasteiger partial charge is 0.330 e. The summed E-state index contributed by atoms with van der Waals surface area (Å²) in [5.74, 6) is 0.423. The summed E-state index contributed by atoms with van der Waals surface area (Å²) in [6, 6.07) is 10.1. The van der Waals surface area contributed by atoms with Crippen LogP contribution in [0.1, 0.15) is 25.3 Å². The Morgan fingerprint density at radius 2 is 2.00 bits per heavy atom. The summed E-state index contributed by atoms with van der Waals surface area (Å²) in [5, 5.41) is 0. The maximum absolute atomic E-state index is 11.7. The van der Waals surface area contributed by atoms with Crippen LogP contribution in [0.25, 0.3) is 0 Å². The number of Topliss-reactive ketones (excluding diaryl/α,β-unsaturated/α-hetero) is 1. The maximum Gasteiger partial charge on any atom is 0.136 e. The highest BCUT2D eigenvalue weighted by atomic mass is 16.1. The van der Waals surface area contributed by atoms with Crippen LogP contribution in [0.3, 0.4) is 0 Å². The minimum atomic E-state index is 0.0994. The molecule has 0 radical (unpaired) electrons. The SMILES string of the molecule is CCC(=O)C(CCN)Cc1ccccc1. The summed E-state index contributed by atoms with van der Waals surface area (Å²) in [6.45, 7) is 2.50. The molecular formula is C13H19NO. The lowest BCUT2D eigenvalue weighted by molar-refractivity contribution is -0.122. The first-order chi connectivity index (χ1) is 7.27. The Labute approximate surface area is 91.5 Å². The zero-order chi connectivity index (χ0) is 11.1. The van der Waals surface area contributed by atoms with Gasteiger partial charge in [0.05, 0.1) is 0 Å². The predicted octanol–water partition coefficient (Wildman–Crippen LogP) is 2.17. The fourth-order valence-corrected chi connectivity index (χ4v) is 1.77. The van der Waals surface area contributed by atoms with Crippen molar-refractivity contribution >= 4 is 5.78 Å². The van der Waals surface area contributed by atoms with Gasteiger partial charge in [0, 0.05) is 12.3 Å². The summed E-state index contributed by atoms with van der Waals surface area (Å²) < 4.78 is 0. The van der Waals surface area contributed by atoms with Crippen molar-refractivity contribution in [3.8, 4) is 0 Å². The minimum absolute atomic E-state index is 0.0994. The first-order valence-corrected chi connectivity index (χ1v) is 5.54. The van der Waals surface area contributed by atoms with Gasteiger partial charge in [-0.25, -0.2) is 0 Å². The van der Waals surface area contributed by atoms with E-state index in [2.05, 4.69) is 12.1 Å². The van der Waals surface area contributed by atoms with Gasteiger partial charge in [-0.1, -0.05) is 37.3 Å². The number of carbonyl (C=O) groups excluding carboxylic acids is 1. The zero-order valence-corrected chi connectivity index (χ0v) is 9.28. The van der Waals surface area contributed by atoms with Gasteiger partial charge < -0.3 is 5.73 Å². The topological polar surface area (TPSA) is 43.1 Å². The second kappa shape index (κ2) is 6.36. The van der Waals surface area contributed by atoms with Crippen LogP contribution < -0.4 is 5.73 Å². The normalized spacial score (nSPS) is 12.4. The van der Waals surface area contributed by atoms with E-state index in [1.54, 1.807) is 0 Å². The van der Waals surface area contributed by atoms with Crippen LogP contribution in [0.5, 0.6) is 0 Å². The van der Waals surface area contributed by atoms with Gasteiger partial charge in [-0.2, -0.15) is 0 Å². The van der Waals surface area contributed by atoms with Gasteiger partial charge in [-0.3, -0.25) is 4.79 Å². The van der Waals surface area contributed by atoms with Crippen LogP contribution in [0.4, 0.5) is 0 Å². The molecule has 82 valence electrons. The molecule has 1 unspecified atom stereocenters. The molecule has 0 amide bonds. The molecule has 0 fully saturated rings. The smallest absolute Gasteiger partial charge is 0.136 e. The molecule has 0 aliphatic heterocycles. The molecule has 0 spiro atoms. The molecule has 1 atom stereocenters. The summed E-state index contributed by atoms with van der Waals surface area (Å²) in [7, 11) is 0. The van der Waals surface area contributed by atoms with E-state index in [0.29, 0.717) is 18.7 Å². The number of hydrogen-bond acceptors (Lipinski definition) is 2. The molecule has 0 bridgehead atoms. The number of ketones is 1. The molecular weight excluding hydrogens is 186 g/mol. The van der Waals surface area contributed by atoms with Crippen molar-refractivity contribution in [3.63, 3.8) is 0 Å². The third-order valence-corrected chi connectivity index (χ3v) is 2.64. The summed E-state index contributed by atoms with van der Waals surface area (Å²) in [6.07, 6.45) is 2.23. The molecule has 1 rings (SSSR count). The quantitative estimate of drug-likeness (QED) is 0.773. The number of rotatable bonds is 6. The summed E-state index contributed by atoms with van der Waals surface area (Å²) in [5.41, 5.74) is 6.74. The van der Waals surface area contributed by atoms with Crippen LogP contribution >= 0.6 is 0 Å². The van der Waals surface area contributed by atoms with Crippen molar-refractivity contribution in [2.24, 2.45) is 11.7 Å². The van der Waals surface area contributed by atoms with Gasteiger partial charge in [-0.15, -0.1) is 0 Å². The van der Waals surface area contributed by atoms with E-state index in [1.807, 2.05) is 25.1 Å². The fraction of sp³-hybridized carbons (Fsp3) is 0.462. The van der Waals surface area contributed by atoms with Crippen molar-refractivity contribution in [2.75, 3.05) is 6.54 Å². The maximum atomic E-state index is 11.7. The van der Waals surface area contributed by atoms with E-state index < -0.39 is 0 Å². The Bertz CT molecular complexity index is 295. The van der Waals surface area contributed by atoms with E-state index in [9.17, 15) is 4.79 Å². The highest BCUT2D eigenvalue weighted by Gasteiger charge is 2.15. The Balaban J connectivity index is 2.62. The molecule has 0 heterocycles. The van der Waals surface area contributed by atoms with Gasteiger partial charge in [0.25, 0.3) is 0 Å². The first kappa shape index (κ1) is 11.9. The van der Waals surface area contributed by atoms with Crippen LogP contribution in [-0.2, 0) is 11.2 Å². The highest BCUT2D eigenvalue weighted by molar-refractivity contribution is 5.80. The molecule has 2 N–H and O–H groups in total. The molecule has 0 aliphatic carbocycles. The van der Waals surface area contributed by atoms with E-state index >= 15 is 0 Å². The molecule has 2 heteroatoms. The van der Waals surface area contributed by atoms with Crippen molar-refractivity contribution in [1.82, 2.24) is 0 Å². The second-order valence-corrected chi connectivity index (χ2v) is 3.78. The standard InChI is InChI=1S/C13H19NO/c1-2-13(15)12(8-9-14)10-11-6-4-3-5-7-11/h3-7,12H,2,8-10,14H2,1H3. The number of benzene rings is 1. The minimum Gasteiger partial charge on any atom is -0.330 e. The average molecular weight is 205 g/mol. The Morgan fingerprint density at radius 1 is 1.33 bits per heavy atom. The lowest BCUT2D eigenvalue weighted by atomic mass is 9.91. The molecule has 1 aromatic carbocycles. The van der Waals surface area contributed by atoms with Crippen LogP contribution in [0.2, 0.25) is 0 Å². The fourth-order valence-electron chi connectivity index (χ4n) is 1.77. The van der Waals surface area contributed by atoms with Crippen LogP contribution in [-0.4, -0.2) is 12.3 Å². The van der Waals surface area contributed by atoms with Crippen molar-refractivity contribution in [2.45, 2.75) is 26.2 Å². The highest BCUT2D eigenvalue weighted by Crippen LogP contribution is 2.14. The van der Waals surface area contributed by atoms with Crippen molar-refractivity contribution in [1.29, 1.82) is 0 Å². The number of carbonyl (C=O) groups is 1. The molecule has 0 aromatic heterocycles. The van der Waals surface area contributed by atoms with Gasteiger partial charge in [-0.05, 0) is 24.9 Å². The van der Waals surface area contributed by atoms with Gasteiger partial charge in [0.1, 0.15) is 5.78 Å². The second-order valence-electron chi connectivity index (χ2n) is 3.78. The Kier molecular flexibility index (Phi) is 5.05. The van der Waals surface area contributed by atoms with Gasteiger partial charge in [0.15, 0.2) is 0 Å². The molecule has 15 heavy (non-hydrogen) atoms. The van der Waals surface area contributed by atoms with E-state index in [4.69, 9.17) is 5.73 Å². The van der Waals surface area contributed by atoms with Crippen molar-refractivity contribution in [3.05, 3.63) is 35.9 Å². The van der Waals surface area contributed by atoms with E-state index in [-0.39, 0.29) is 5.92 Å². The number of nitrogens with two attached hydrogens (primary N) is 1. The van der Waals surface area contributed by atoms with E-state index in [0.717, 1.165) is 12.8 Å². The lowest BCUT2D eigenvalue weighted by Crippen LogP contribution is -2.20. The molecule has 0 saturated heterocycles. The predicted molar refractivity (Wildman–Crippen MR) is 62.6 cm³/mol. The van der Waals surface area contributed by atoms with Crippen LogP contribution in [0.15, 0.2) is 30.3 Å². The third kappa shape index (κ3) is 3.84. The summed E-state index contributed by atoms with van der Waals surface area (Å²) in [4.78, 5) is 11.7. The molecule has 0 aliphatic rings.